The number of anilines is 4. The summed E-state index contributed by atoms with van der Waals surface area (Å²) in [6, 6.07) is 39.0. The summed E-state index contributed by atoms with van der Waals surface area (Å²) in [6.07, 6.45) is 0. The number of para-hydroxylation sites is 2. The largest absolute Gasteiger partial charge is 0.507 e. The molecule has 0 aromatic heterocycles. The molecule has 5 rings (SSSR count). The number of phenols is 1. The molecule has 0 aliphatic heterocycles. The number of primary amides is 1. The summed E-state index contributed by atoms with van der Waals surface area (Å²) in [4.78, 5) is 25.6. The number of carbonyl (C=O) groups excluding carboxylic acids is 2. The molecule has 0 heterocycles. The van der Waals surface area contributed by atoms with Gasteiger partial charge in [-0.3, -0.25) is 9.59 Å². The third-order valence-corrected chi connectivity index (χ3v) is 10.1. The van der Waals surface area contributed by atoms with E-state index in [1.54, 1.807) is 0 Å². The van der Waals surface area contributed by atoms with Crippen LogP contribution in [0.5, 0.6) is 5.75 Å². The highest BCUT2D eigenvalue weighted by Crippen LogP contribution is 2.39. The Kier molecular flexibility index (Phi) is 11.5. The van der Waals surface area contributed by atoms with Gasteiger partial charge >= 0.3 is 0 Å². The van der Waals surface area contributed by atoms with Crippen LogP contribution in [0, 0.1) is 0 Å². The maximum atomic E-state index is 13.0. The van der Waals surface area contributed by atoms with Crippen molar-refractivity contribution in [1.29, 1.82) is 0 Å². The predicted molar refractivity (Wildman–Crippen MR) is 203 cm³/mol. The fourth-order valence-electron chi connectivity index (χ4n) is 5.24. The van der Waals surface area contributed by atoms with Gasteiger partial charge in [-0.1, -0.05) is 81.4 Å². The molecule has 5 N–H and O–H groups in total. The molecule has 0 spiro atoms. The van der Waals surface area contributed by atoms with E-state index in [0.29, 0.717) is 17.1 Å². The summed E-state index contributed by atoms with van der Waals surface area (Å²) >= 11 is 2.94. The van der Waals surface area contributed by atoms with Crippen LogP contribution in [0.4, 0.5) is 22.7 Å². The van der Waals surface area contributed by atoms with Gasteiger partial charge in [0.1, 0.15) is 11.0 Å². The summed E-state index contributed by atoms with van der Waals surface area (Å²) < 4.78 is 0. The lowest BCUT2D eigenvalue weighted by atomic mass is 9.84. The van der Waals surface area contributed by atoms with E-state index in [-0.39, 0.29) is 22.7 Å². The van der Waals surface area contributed by atoms with Gasteiger partial charge in [-0.05, 0) is 82.8 Å². The summed E-state index contributed by atoms with van der Waals surface area (Å²) in [5.74, 6) is 1.16. The van der Waals surface area contributed by atoms with Crippen LogP contribution >= 0.6 is 23.5 Å². The van der Waals surface area contributed by atoms with E-state index < -0.39 is 11.2 Å². The number of aromatic hydroxyl groups is 1. The molecule has 8 heteroatoms. The maximum absolute atomic E-state index is 13.0. The van der Waals surface area contributed by atoms with Gasteiger partial charge in [-0.2, -0.15) is 0 Å². The molecule has 0 radical (unpaired) electrons. The van der Waals surface area contributed by atoms with Crippen LogP contribution in [-0.2, 0) is 21.7 Å². The molecule has 6 nitrogen and oxygen atoms in total. The van der Waals surface area contributed by atoms with E-state index in [1.165, 1.54) is 23.5 Å². The predicted octanol–water partition coefficient (Wildman–Crippen LogP) is 9.75. The average Bonchev–Trinajstić information content (AvgIpc) is 3.07. The van der Waals surface area contributed by atoms with Crippen molar-refractivity contribution in [1.82, 2.24) is 0 Å². The van der Waals surface area contributed by atoms with Gasteiger partial charge in [0.25, 0.3) is 0 Å². The molecule has 0 saturated heterocycles. The van der Waals surface area contributed by atoms with E-state index in [4.69, 9.17) is 5.73 Å². The average molecular weight is 676 g/mol. The maximum Gasteiger partial charge on any atom is 0.235 e. The smallest absolute Gasteiger partial charge is 0.235 e. The molecule has 1 atom stereocenters. The first-order chi connectivity index (χ1) is 23.1. The number of hydrogen-bond donors (Lipinski definition) is 4. The van der Waals surface area contributed by atoms with Gasteiger partial charge in [0.2, 0.25) is 5.91 Å². The van der Waals surface area contributed by atoms with E-state index in [9.17, 15) is 14.7 Å². The third-order valence-electron chi connectivity index (χ3n) is 7.77. The highest BCUT2D eigenvalue weighted by atomic mass is 32.2. The van der Waals surface area contributed by atoms with Crippen molar-refractivity contribution in [2.45, 2.75) is 42.9 Å². The highest BCUT2D eigenvalue weighted by Gasteiger charge is 2.23. The first-order valence-electron chi connectivity index (χ1n) is 15.8. The Morgan fingerprint density at radius 2 is 1.25 bits per heavy atom. The second-order valence-corrected chi connectivity index (χ2v) is 14.7. The molecule has 5 aromatic carbocycles. The van der Waals surface area contributed by atoms with Crippen molar-refractivity contribution in [2.24, 2.45) is 5.73 Å². The molecular formula is C40H41N3O3S2. The van der Waals surface area contributed by atoms with Crippen LogP contribution in [0.25, 0.3) is 0 Å². The molecule has 5 aromatic rings. The first-order valence-corrected chi connectivity index (χ1v) is 18.0. The van der Waals surface area contributed by atoms with Crippen molar-refractivity contribution in [3.8, 4) is 5.75 Å². The normalized spacial score (nSPS) is 11.9. The first kappa shape index (κ1) is 34.7. The van der Waals surface area contributed by atoms with Crippen molar-refractivity contribution >= 4 is 58.0 Å². The molecule has 0 saturated carbocycles. The van der Waals surface area contributed by atoms with Crippen LogP contribution in [0.2, 0.25) is 0 Å². The second kappa shape index (κ2) is 16.0. The number of hydrogen-bond acceptors (Lipinski definition) is 7. The minimum absolute atomic E-state index is 0.0304. The van der Waals surface area contributed by atoms with Crippen LogP contribution in [0.1, 0.15) is 58.6 Å². The quantitative estimate of drug-likeness (QED) is 0.0869. The van der Waals surface area contributed by atoms with E-state index in [1.807, 2.05) is 121 Å². The Labute approximate surface area is 291 Å². The number of nitrogens with two attached hydrogens (primary N) is 1. The van der Waals surface area contributed by atoms with Gasteiger partial charge in [-0.25, -0.2) is 0 Å². The van der Waals surface area contributed by atoms with Crippen molar-refractivity contribution in [3.05, 3.63) is 149 Å². The number of phenolic OH excluding ortho intramolecular Hbond substituents is 1. The fourth-order valence-corrected chi connectivity index (χ4v) is 7.18. The number of rotatable bonds is 14. The fraction of sp³-hybridized carbons (Fsp3) is 0.200. The van der Waals surface area contributed by atoms with Gasteiger partial charge in [0.15, 0.2) is 5.78 Å². The zero-order chi connectivity index (χ0) is 34.1. The van der Waals surface area contributed by atoms with Crippen molar-refractivity contribution < 1.29 is 14.7 Å². The van der Waals surface area contributed by atoms with Crippen LogP contribution in [-0.4, -0.2) is 22.5 Å². The Balaban J connectivity index is 1.23. The number of thioether (sulfide) groups is 2. The Bertz CT molecular complexity index is 1820. The third kappa shape index (κ3) is 9.46. The lowest BCUT2D eigenvalue weighted by molar-refractivity contribution is -0.117. The summed E-state index contributed by atoms with van der Waals surface area (Å²) in [5.41, 5.74) is 13.4. The lowest BCUT2D eigenvalue weighted by Crippen LogP contribution is -2.19. The molecule has 1 amide bonds. The molecule has 0 aliphatic rings. The van der Waals surface area contributed by atoms with E-state index >= 15 is 0 Å². The summed E-state index contributed by atoms with van der Waals surface area (Å²) in [6.45, 7) is 6.19. The Morgan fingerprint density at radius 1 is 0.729 bits per heavy atom. The lowest BCUT2D eigenvalue weighted by Gasteiger charge is -2.24. The van der Waals surface area contributed by atoms with Crippen molar-refractivity contribution in [3.63, 3.8) is 0 Å². The number of ketones is 1. The van der Waals surface area contributed by atoms with E-state index in [0.717, 1.165) is 45.0 Å². The standard InChI is InChI=1S/C40H41N3O3S2/c1-40(2,3)35-23-27(24-48-38(39(41)46)29-16-20-34(21-17-29)43-32-12-8-5-9-13-32)22-30(37(35)45)25-47-26-36(44)28-14-18-33(19-15-28)42-31-10-6-4-7-11-31/h4-23,38,42-43,45H,24-26H2,1-3H3,(H2,41,46). The molecule has 0 fully saturated rings. The molecule has 246 valence electrons. The summed E-state index contributed by atoms with van der Waals surface area (Å²) in [7, 11) is 0. The second-order valence-electron chi connectivity index (χ2n) is 12.6. The van der Waals surface area contributed by atoms with Gasteiger partial charge < -0.3 is 21.5 Å². The molecule has 0 aliphatic carbocycles. The number of nitrogens with one attached hydrogen (secondary N) is 2. The highest BCUT2D eigenvalue weighted by molar-refractivity contribution is 7.99. The van der Waals surface area contributed by atoms with Crippen LogP contribution in [0.3, 0.4) is 0 Å². The number of carbonyl (C=O) groups is 2. The topological polar surface area (TPSA) is 104 Å². The number of amides is 1. The zero-order valence-electron chi connectivity index (χ0n) is 27.4. The SMILES string of the molecule is CC(C)(C)c1cc(CSC(C(N)=O)c2ccc(Nc3ccccc3)cc2)cc(CSCC(=O)c2ccc(Nc3ccccc3)cc2)c1O. The van der Waals surface area contributed by atoms with Gasteiger partial charge in [0.05, 0.1) is 5.75 Å². The zero-order valence-corrected chi connectivity index (χ0v) is 29.0. The molecule has 48 heavy (non-hydrogen) atoms. The van der Waals surface area contributed by atoms with Gasteiger partial charge in [0, 0.05) is 45.4 Å². The van der Waals surface area contributed by atoms with Crippen molar-refractivity contribution in [2.75, 3.05) is 16.4 Å². The Hall–Kier alpha value is -4.66. The number of Topliss-reactive ketones (excluding diaryl/α,β-unsaturated/α-hetero) is 1. The van der Waals surface area contributed by atoms with Gasteiger partial charge in [-0.15, -0.1) is 23.5 Å². The summed E-state index contributed by atoms with van der Waals surface area (Å²) in [5, 5.41) is 17.4. The minimum Gasteiger partial charge on any atom is -0.507 e. The molecule has 0 bridgehead atoms. The molecular weight excluding hydrogens is 635 g/mol. The van der Waals surface area contributed by atoms with E-state index in [2.05, 4.69) is 31.4 Å². The minimum atomic E-state index is -0.535. The van der Waals surface area contributed by atoms with Crippen LogP contribution in [0.15, 0.2) is 121 Å². The monoisotopic (exact) mass is 675 g/mol. The van der Waals surface area contributed by atoms with Crippen LogP contribution < -0.4 is 16.4 Å². The Morgan fingerprint density at radius 3 is 1.77 bits per heavy atom. The molecule has 1 unspecified atom stereocenters. The number of benzene rings is 5.